The van der Waals surface area contributed by atoms with Crippen LogP contribution in [0.15, 0.2) is 0 Å². The van der Waals surface area contributed by atoms with E-state index < -0.39 is 5.97 Å². The van der Waals surface area contributed by atoms with Gasteiger partial charge in [-0.2, -0.15) is 0 Å². The number of hydrogen-bond donors (Lipinski definition) is 1. The van der Waals surface area contributed by atoms with Crippen LogP contribution in [0.2, 0.25) is 0 Å². The van der Waals surface area contributed by atoms with Gasteiger partial charge in [-0.05, 0) is 21.0 Å². The van der Waals surface area contributed by atoms with Crippen LogP contribution in [0, 0.1) is 0 Å². The number of carbonyl (C=O) groups is 1. The molecule has 66 valence electrons. The third-order valence-electron chi connectivity index (χ3n) is 1.25. The number of aliphatic carboxylic acids is 1. The highest BCUT2D eigenvalue weighted by Crippen LogP contribution is 2.09. The van der Waals surface area contributed by atoms with Gasteiger partial charge in [0.2, 0.25) is 0 Å². The van der Waals surface area contributed by atoms with Crippen LogP contribution in [0.5, 0.6) is 0 Å². The zero-order valence-electron chi connectivity index (χ0n) is 7.20. The Morgan fingerprint density at radius 1 is 1.64 bits per heavy atom. The van der Waals surface area contributed by atoms with Crippen molar-refractivity contribution in [1.29, 1.82) is 0 Å². The first kappa shape index (κ1) is 10.8. The summed E-state index contributed by atoms with van der Waals surface area (Å²) in [6.07, 6.45) is 0. The molecular weight excluding hydrogens is 162 g/mol. The number of nitrogens with zero attached hydrogens (tertiary/aromatic N) is 1. The molecule has 0 rings (SSSR count). The maximum Gasteiger partial charge on any atom is 0.316 e. The van der Waals surface area contributed by atoms with Gasteiger partial charge in [-0.3, -0.25) is 4.79 Å². The topological polar surface area (TPSA) is 40.5 Å². The second-order valence-electron chi connectivity index (χ2n) is 2.65. The van der Waals surface area contributed by atoms with Crippen LogP contribution in [-0.2, 0) is 4.79 Å². The van der Waals surface area contributed by atoms with Gasteiger partial charge in [0.1, 0.15) is 0 Å². The molecule has 1 unspecified atom stereocenters. The highest BCUT2D eigenvalue weighted by molar-refractivity contribution is 8.00. The molecule has 0 aliphatic heterocycles. The SMILES string of the molecule is CC(SCCN(C)C)C(=O)O. The van der Waals surface area contributed by atoms with Crippen LogP contribution >= 0.6 is 11.8 Å². The Kier molecular flexibility index (Phi) is 5.32. The van der Waals surface area contributed by atoms with E-state index in [4.69, 9.17) is 5.11 Å². The second-order valence-corrected chi connectivity index (χ2v) is 4.10. The highest BCUT2D eigenvalue weighted by Gasteiger charge is 2.09. The van der Waals surface area contributed by atoms with Gasteiger partial charge >= 0.3 is 5.97 Å². The quantitative estimate of drug-likeness (QED) is 0.673. The third-order valence-corrected chi connectivity index (χ3v) is 2.37. The lowest BCUT2D eigenvalue weighted by Gasteiger charge is -2.10. The summed E-state index contributed by atoms with van der Waals surface area (Å²) in [6, 6.07) is 0. The van der Waals surface area contributed by atoms with Crippen molar-refractivity contribution in [3.05, 3.63) is 0 Å². The van der Waals surface area contributed by atoms with Crippen LogP contribution in [0.1, 0.15) is 6.92 Å². The molecule has 3 nitrogen and oxygen atoms in total. The molecule has 11 heavy (non-hydrogen) atoms. The van der Waals surface area contributed by atoms with Gasteiger partial charge < -0.3 is 10.0 Å². The van der Waals surface area contributed by atoms with Crippen molar-refractivity contribution >= 4 is 17.7 Å². The Labute approximate surface area is 71.8 Å². The van der Waals surface area contributed by atoms with E-state index in [1.807, 2.05) is 19.0 Å². The van der Waals surface area contributed by atoms with Gasteiger partial charge in [-0.25, -0.2) is 0 Å². The first-order valence-electron chi connectivity index (χ1n) is 3.53. The Hall–Kier alpha value is -0.220. The molecule has 0 fully saturated rings. The normalized spacial score (nSPS) is 13.5. The summed E-state index contributed by atoms with van der Waals surface area (Å²) in [5.41, 5.74) is 0. The van der Waals surface area contributed by atoms with E-state index in [2.05, 4.69) is 0 Å². The van der Waals surface area contributed by atoms with Crippen molar-refractivity contribution in [3.63, 3.8) is 0 Å². The van der Waals surface area contributed by atoms with Gasteiger partial charge in [0, 0.05) is 12.3 Å². The van der Waals surface area contributed by atoms with Crippen LogP contribution in [-0.4, -0.2) is 47.6 Å². The lowest BCUT2D eigenvalue weighted by Crippen LogP contribution is -2.18. The lowest BCUT2D eigenvalue weighted by atomic mass is 10.5. The Bertz CT molecular complexity index is 128. The van der Waals surface area contributed by atoms with E-state index in [9.17, 15) is 4.79 Å². The molecule has 1 N–H and O–H groups in total. The monoisotopic (exact) mass is 177 g/mol. The predicted octanol–water partition coefficient (Wildman–Crippen LogP) is 0.754. The molecule has 1 atom stereocenters. The number of rotatable bonds is 5. The minimum atomic E-state index is -0.728. The van der Waals surface area contributed by atoms with Crippen molar-refractivity contribution in [2.75, 3.05) is 26.4 Å². The average molecular weight is 177 g/mol. The molecule has 0 saturated carbocycles. The van der Waals surface area contributed by atoms with E-state index in [1.165, 1.54) is 11.8 Å². The number of carboxylic acid groups (broad SMARTS) is 1. The molecule has 0 aliphatic carbocycles. The van der Waals surface area contributed by atoms with Gasteiger partial charge in [0.05, 0.1) is 5.25 Å². The van der Waals surface area contributed by atoms with Gasteiger partial charge in [-0.15, -0.1) is 11.8 Å². The summed E-state index contributed by atoms with van der Waals surface area (Å²) in [4.78, 5) is 12.4. The molecule has 0 aromatic carbocycles. The van der Waals surface area contributed by atoms with Crippen LogP contribution in [0.4, 0.5) is 0 Å². The molecule has 0 aliphatic rings. The Morgan fingerprint density at radius 2 is 2.18 bits per heavy atom. The van der Waals surface area contributed by atoms with E-state index >= 15 is 0 Å². The molecule has 0 saturated heterocycles. The number of hydrogen-bond acceptors (Lipinski definition) is 3. The zero-order valence-corrected chi connectivity index (χ0v) is 8.02. The Morgan fingerprint density at radius 3 is 2.55 bits per heavy atom. The molecule has 0 bridgehead atoms. The van der Waals surface area contributed by atoms with E-state index in [0.717, 1.165) is 12.3 Å². The largest absolute Gasteiger partial charge is 0.480 e. The molecule has 0 spiro atoms. The average Bonchev–Trinajstić information content (AvgIpc) is 1.86. The maximum absolute atomic E-state index is 10.3. The Balaban J connectivity index is 3.31. The number of thioether (sulfide) groups is 1. The maximum atomic E-state index is 10.3. The second kappa shape index (κ2) is 5.43. The molecule has 0 radical (unpaired) electrons. The van der Waals surface area contributed by atoms with Crippen molar-refractivity contribution in [3.8, 4) is 0 Å². The smallest absolute Gasteiger partial charge is 0.316 e. The van der Waals surface area contributed by atoms with Crippen LogP contribution in [0.25, 0.3) is 0 Å². The first-order valence-corrected chi connectivity index (χ1v) is 4.58. The fourth-order valence-electron chi connectivity index (χ4n) is 0.483. The first-order chi connectivity index (χ1) is 5.04. The molecule has 0 aromatic heterocycles. The lowest BCUT2D eigenvalue weighted by molar-refractivity contribution is -0.136. The molecule has 0 amide bonds. The summed E-state index contributed by atoms with van der Waals surface area (Å²) in [6.45, 7) is 2.64. The minimum absolute atomic E-state index is 0.282. The fourth-order valence-corrected chi connectivity index (χ4v) is 1.45. The molecule has 0 heterocycles. The highest BCUT2D eigenvalue weighted by atomic mass is 32.2. The van der Waals surface area contributed by atoms with Crippen LogP contribution < -0.4 is 0 Å². The summed E-state index contributed by atoms with van der Waals surface area (Å²) in [5, 5.41) is 8.23. The summed E-state index contributed by atoms with van der Waals surface area (Å²) in [5.74, 6) is 0.147. The molecule has 0 aromatic rings. The van der Waals surface area contributed by atoms with Crippen LogP contribution in [0.3, 0.4) is 0 Å². The molecule has 4 heteroatoms. The minimum Gasteiger partial charge on any atom is -0.480 e. The summed E-state index contributed by atoms with van der Waals surface area (Å²) >= 11 is 1.47. The van der Waals surface area contributed by atoms with E-state index in [1.54, 1.807) is 6.92 Å². The summed E-state index contributed by atoms with van der Waals surface area (Å²) < 4.78 is 0. The fraction of sp³-hybridized carbons (Fsp3) is 0.857. The van der Waals surface area contributed by atoms with E-state index in [-0.39, 0.29) is 5.25 Å². The van der Waals surface area contributed by atoms with Crippen molar-refractivity contribution in [1.82, 2.24) is 4.90 Å². The van der Waals surface area contributed by atoms with Gasteiger partial charge in [-0.1, -0.05) is 0 Å². The standard InChI is InChI=1S/C7H15NO2S/c1-6(7(9)10)11-5-4-8(2)3/h6H,4-5H2,1-3H3,(H,9,10). The third kappa shape index (κ3) is 6.19. The van der Waals surface area contributed by atoms with Crippen molar-refractivity contribution < 1.29 is 9.90 Å². The molecular formula is C7H15NO2S. The number of carboxylic acids is 1. The van der Waals surface area contributed by atoms with Crippen molar-refractivity contribution in [2.45, 2.75) is 12.2 Å². The van der Waals surface area contributed by atoms with Gasteiger partial charge in [0.15, 0.2) is 0 Å². The van der Waals surface area contributed by atoms with Gasteiger partial charge in [0.25, 0.3) is 0 Å². The van der Waals surface area contributed by atoms with Crippen molar-refractivity contribution in [2.24, 2.45) is 0 Å². The van der Waals surface area contributed by atoms with E-state index in [0.29, 0.717) is 0 Å². The predicted molar refractivity (Wildman–Crippen MR) is 48.1 cm³/mol. The zero-order chi connectivity index (χ0) is 8.85. The summed E-state index contributed by atoms with van der Waals surface area (Å²) in [7, 11) is 3.96.